The average Bonchev–Trinajstić information content (AvgIpc) is 2.94. The van der Waals surface area contributed by atoms with Gasteiger partial charge in [-0.15, -0.1) is 0 Å². The Bertz CT molecular complexity index is 660. The number of pyridine rings is 1. The fraction of sp³-hybridized carbons (Fsp3) is 0.0769. The molecule has 1 aromatic heterocycles. The molecule has 0 spiro atoms. The van der Waals surface area contributed by atoms with Crippen molar-refractivity contribution < 1.29 is 14.3 Å². The second-order valence-electron chi connectivity index (χ2n) is 4.09. The first-order chi connectivity index (χ1) is 9.78. The van der Waals surface area contributed by atoms with Gasteiger partial charge in [-0.1, -0.05) is 0 Å². The summed E-state index contributed by atoms with van der Waals surface area (Å²) in [5, 5.41) is 2.76. The topological polar surface area (TPSA) is 98.5 Å². The number of nitrogens with zero attached hydrogens (tertiary/aromatic N) is 1. The molecular weight excluding hydrogens is 260 g/mol. The lowest BCUT2D eigenvalue weighted by atomic mass is 10.2. The minimum atomic E-state index is -0.292. The molecular formula is C13H12N4O3. The number of nitrogen functional groups attached to an aromatic ring is 1. The van der Waals surface area contributed by atoms with Gasteiger partial charge in [-0.05, 0) is 18.2 Å². The summed E-state index contributed by atoms with van der Waals surface area (Å²) >= 11 is 0. The first kappa shape index (κ1) is 12.2. The van der Waals surface area contributed by atoms with Crippen molar-refractivity contribution >= 4 is 17.3 Å². The van der Waals surface area contributed by atoms with E-state index >= 15 is 0 Å². The molecule has 7 nitrogen and oxygen atoms in total. The minimum Gasteiger partial charge on any atom is -0.454 e. The highest BCUT2D eigenvalue weighted by Crippen LogP contribution is 2.34. The van der Waals surface area contributed by atoms with Crippen LogP contribution in [0.4, 0.5) is 11.4 Å². The lowest BCUT2D eigenvalue weighted by Gasteiger charge is -2.09. The zero-order valence-electron chi connectivity index (χ0n) is 10.4. The molecule has 1 amide bonds. The number of hydrogen-bond donors (Lipinski definition) is 3. The van der Waals surface area contributed by atoms with Gasteiger partial charge in [0.2, 0.25) is 6.79 Å². The normalized spacial score (nSPS) is 12.1. The van der Waals surface area contributed by atoms with Crippen LogP contribution in [0.1, 0.15) is 10.4 Å². The predicted octanol–water partition coefficient (Wildman–Crippen LogP) is 1.35. The van der Waals surface area contributed by atoms with Crippen LogP contribution in [0.25, 0.3) is 0 Å². The number of nitrogens with one attached hydrogen (secondary N) is 2. The molecule has 1 aliphatic heterocycles. The van der Waals surface area contributed by atoms with E-state index < -0.39 is 0 Å². The Kier molecular flexibility index (Phi) is 3.10. The average molecular weight is 272 g/mol. The lowest BCUT2D eigenvalue weighted by Crippen LogP contribution is -2.17. The molecule has 2 aromatic rings. The number of hydrazine groups is 1. The molecule has 0 saturated carbocycles. The summed E-state index contributed by atoms with van der Waals surface area (Å²) in [6, 6.07) is 6.77. The van der Waals surface area contributed by atoms with E-state index in [0.29, 0.717) is 28.4 Å². The molecule has 1 aromatic carbocycles. The van der Waals surface area contributed by atoms with Crippen LogP contribution in [0.5, 0.6) is 11.5 Å². The van der Waals surface area contributed by atoms with Gasteiger partial charge in [0.25, 0.3) is 5.91 Å². The van der Waals surface area contributed by atoms with E-state index in [1.165, 1.54) is 12.4 Å². The van der Waals surface area contributed by atoms with Gasteiger partial charge in [-0.3, -0.25) is 15.6 Å². The summed E-state index contributed by atoms with van der Waals surface area (Å²) < 4.78 is 10.5. The summed E-state index contributed by atoms with van der Waals surface area (Å²) in [5.41, 5.74) is 3.90. The van der Waals surface area contributed by atoms with Crippen LogP contribution in [0.2, 0.25) is 0 Å². The number of ether oxygens (including phenoxy) is 2. The monoisotopic (exact) mass is 272 g/mol. The second kappa shape index (κ2) is 5.06. The van der Waals surface area contributed by atoms with Crippen molar-refractivity contribution in [1.82, 2.24) is 4.98 Å². The Labute approximate surface area is 114 Å². The first-order valence-electron chi connectivity index (χ1n) is 5.89. The van der Waals surface area contributed by atoms with Gasteiger partial charge in [0.05, 0.1) is 17.4 Å². The molecule has 7 heteroatoms. The van der Waals surface area contributed by atoms with Crippen LogP contribution in [-0.4, -0.2) is 17.7 Å². The molecule has 0 radical (unpaired) electrons. The van der Waals surface area contributed by atoms with Crippen molar-refractivity contribution in [2.45, 2.75) is 0 Å². The van der Waals surface area contributed by atoms with Crippen LogP contribution >= 0.6 is 0 Å². The molecule has 0 fully saturated rings. The van der Waals surface area contributed by atoms with E-state index in [1.807, 2.05) is 0 Å². The number of carbonyl (C=O) groups excluding carboxylic acids is 1. The Hall–Kier alpha value is -2.80. The maximum absolute atomic E-state index is 12.2. The van der Waals surface area contributed by atoms with Gasteiger partial charge in [-0.25, -0.2) is 0 Å². The number of hydrogen-bond acceptors (Lipinski definition) is 6. The molecule has 0 atom stereocenters. The molecule has 0 saturated heterocycles. The predicted molar refractivity (Wildman–Crippen MR) is 72.6 cm³/mol. The molecule has 1 aliphatic rings. The van der Waals surface area contributed by atoms with E-state index in [-0.39, 0.29) is 12.7 Å². The number of anilines is 2. The van der Waals surface area contributed by atoms with Gasteiger partial charge < -0.3 is 20.2 Å². The van der Waals surface area contributed by atoms with Gasteiger partial charge in [0, 0.05) is 18.0 Å². The quantitative estimate of drug-likeness (QED) is 0.576. The summed E-state index contributed by atoms with van der Waals surface area (Å²) in [7, 11) is 0. The van der Waals surface area contributed by atoms with Crippen LogP contribution in [0.15, 0.2) is 36.7 Å². The maximum atomic E-state index is 12.2. The van der Waals surface area contributed by atoms with Crippen LogP contribution < -0.4 is 26.1 Å². The van der Waals surface area contributed by atoms with Gasteiger partial charge >= 0.3 is 0 Å². The summed E-state index contributed by atoms with van der Waals surface area (Å²) in [6.45, 7) is 0.193. The molecule has 2 heterocycles. The number of aromatic nitrogens is 1. The Morgan fingerprint density at radius 2 is 2.10 bits per heavy atom. The summed E-state index contributed by atoms with van der Waals surface area (Å²) in [6.07, 6.45) is 3.00. The minimum absolute atomic E-state index is 0.193. The van der Waals surface area contributed by atoms with Gasteiger partial charge in [0.1, 0.15) is 0 Å². The fourth-order valence-corrected chi connectivity index (χ4v) is 1.88. The highest BCUT2D eigenvalue weighted by atomic mass is 16.7. The third-order valence-electron chi connectivity index (χ3n) is 2.85. The first-order valence-corrected chi connectivity index (χ1v) is 5.89. The van der Waals surface area contributed by atoms with Gasteiger partial charge in [0.15, 0.2) is 11.5 Å². The Morgan fingerprint density at radius 3 is 2.95 bits per heavy atom. The van der Waals surface area contributed by atoms with Crippen LogP contribution in [0, 0.1) is 0 Å². The van der Waals surface area contributed by atoms with Crippen molar-refractivity contribution in [1.29, 1.82) is 0 Å². The second-order valence-corrected chi connectivity index (χ2v) is 4.09. The zero-order chi connectivity index (χ0) is 13.9. The third kappa shape index (κ3) is 2.21. The highest BCUT2D eigenvalue weighted by molar-refractivity contribution is 6.07. The largest absolute Gasteiger partial charge is 0.454 e. The molecule has 20 heavy (non-hydrogen) atoms. The Balaban J connectivity index is 1.82. The van der Waals surface area contributed by atoms with Gasteiger partial charge in [-0.2, -0.15) is 0 Å². The third-order valence-corrected chi connectivity index (χ3v) is 2.85. The number of amides is 1. The number of nitrogens with two attached hydrogens (primary N) is 1. The van der Waals surface area contributed by atoms with E-state index in [9.17, 15) is 4.79 Å². The molecule has 102 valence electrons. The fourth-order valence-electron chi connectivity index (χ4n) is 1.88. The SMILES string of the molecule is NNc1cnccc1C(=O)Nc1ccc2c(c1)OCO2. The van der Waals surface area contributed by atoms with E-state index in [0.717, 1.165) is 0 Å². The van der Waals surface area contributed by atoms with E-state index in [1.54, 1.807) is 24.3 Å². The maximum Gasteiger partial charge on any atom is 0.257 e. The summed E-state index contributed by atoms with van der Waals surface area (Å²) in [4.78, 5) is 16.1. The molecule has 3 rings (SSSR count). The highest BCUT2D eigenvalue weighted by Gasteiger charge is 2.15. The van der Waals surface area contributed by atoms with Crippen molar-refractivity contribution in [3.8, 4) is 11.5 Å². The molecule has 0 bridgehead atoms. The summed E-state index contributed by atoms with van der Waals surface area (Å²) in [5.74, 6) is 6.33. The smallest absolute Gasteiger partial charge is 0.257 e. The van der Waals surface area contributed by atoms with E-state index in [4.69, 9.17) is 15.3 Å². The van der Waals surface area contributed by atoms with Crippen LogP contribution in [0.3, 0.4) is 0 Å². The molecule has 4 N–H and O–H groups in total. The molecule has 0 aliphatic carbocycles. The lowest BCUT2D eigenvalue weighted by molar-refractivity contribution is 0.102. The molecule has 0 unspecified atom stereocenters. The number of fused-ring (bicyclic) bond motifs is 1. The van der Waals surface area contributed by atoms with Crippen molar-refractivity contribution in [3.05, 3.63) is 42.2 Å². The van der Waals surface area contributed by atoms with Crippen molar-refractivity contribution in [3.63, 3.8) is 0 Å². The van der Waals surface area contributed by atoms with E-state index in [2.05, 4.69) is 15.7 Å². The standard InChI is InChI=1S/C13H12N4O3/c14-17-10-6-15-4-3-9(10)13(18)16-8-1-2-11-12(5-8)20-7-19-11/h1-6,17H,7,14H2,(H,16,18). The van der Waals surface area contributed by atoms with Crippen molar-refractivity contribution in [2.75, 3.05) is 17.5 Å². The number of carbonyl (C=O) groups is 1. The van der Waals surface area contributed by atoms with Crippen LogP contribution in [-0.2, 0) is 0 Å². The zero-order valence-corrected chi connectivity index (χ0v) is 10.4. The number of rotatable bonds is 3. The Morgan fingerprint density at radius 1 is 1.25 bits per heavy atom. The van der Waals surface area contributed by atoms with Crippen molar-refractivity contribution in [2.24, 2.45) is 5.84 Å². The number of benzene rings is 1.